The molecule has 2 aliphatic rings. The average Bonchev–Trinajstić information content (AvgIpc) is 2.55. The van der Waals surface area contributed by atoms with Crippen molar-refractivity contribution in [1.82, 2.24) is 5.32 Å². The van der Waals surface area contributed by atoms with Crippen molar-refractivity contribution in [1.29, 1.82) is 0 Å². The largest absolute Gasteiger partial charge is 0.377 e. The summed E-state index contributed by atoms with van der Waals surface area (Å²) in [6, 6.07) is 0. The number of methoxy groups -OCH3 is 1. The third-order valence-corrected chi connectivity index (χ3v) is 3.06. The molecule has 1 spiro atoms. The Hall–Kier alpha value is -0.120. The summed E-state index contributed by atoms with van der Waals surface area (Å²) >= 11 is 0. The quantitative estimate of drug-likeness (QED) is 0.624. The van der Waals surface area contributed by atoms with Crippen LogP contribution in [0.3, 0.4) is 0 Å². The lowest BCUT2D eigenvalue weighted by atomic mass is 9.87. The second-order valence-corrected chi connectivity index (χ2v) is 3.70. The Morgan fingerprint density at radius 3 is 3.08 bits per heavy atom. The summed E-state index contributed by atoms with van der Waals surface area (Å²) in [6.45, 7) is 2.93. The summed E-state index contributed by atoms with van der Waals surface area (Å²) < 4.78 is 11.3. The first kappa shape index (κ1) is 8.48. The topological polar surface area (TPSA) is 30.5 Å². The van der Waals surface area contributed by atoms with Crippen LogP contribution >= 0.6 is 0 Å². The van der Waals surface area contributed by atoms with Gasteiger partial charge >= 0.3 is 0 Å². The highest BCUT2D eigenvalue weighted by atomic mass is 16.5. The fraction of sp³-hybridized carbons (Fsp3) is 1.00. The molecule has 3 nitrogen and oxygen atoms in total. The Bertz CT molecular complexity index is 155. The van der Waals surface area contributed by atoms with Crippen LogP contribution in [0.25, 0.3) is 0 Å². The standard InChI is InChI=1S/C9H17NO2/c1-11-8-7-10-5-4-9(8)3-2-6-12-9/h8,10H,2-7H2,1H3/t8-,9+/m0/s1. The van der Waals surface area contributed by atoms with E-state index >= 15 is 0 Å². The van der Waals surface area contributed by atoms with Crippen molar-refractivity contribution in [2.75, 3.05) is 26.8 Å². The minimum Gasteiger partial charge on any atom is -0.377 e. The van der Waals surface area contributed by atoms with Crippen LogP contribution in [0.4, 0.5) is 0 Å². The first-order valence-corrected chi connectivity index (χ1v) is 4.75. The molecule has 12 heavy (non-hydrogen) atoms. The molecule has 3 heteroatoms. The predicted octanol–water partition coefficient (Wildman–Crippen LogP) is 0.544. The Morgan fingerprint density at radius 2 is 2.42 bits per heavy atom. The molecule has 2 fully saturated rings. The molecule has 0 radical (unpaired) electrons. The highest BCUT2D eigenvalue weighted by Crippen LogP contribution is 2.35. The zero-order chi connectivity index (χ0) is 8.44. The Morgan fingerprint density at radius 1 is 1.50 bits per heavy atom. The molecule has 0 aromatic heterocycles. The number of nitrogens with one attached hydrogen (secondary N) is 1. The SMILES string of the molecule is CO[C@H]1CNCC[C@]12CCCO2. The van der Waals surface area contributed by atoms with Gasteiger partial charge in [0.1, 0.15) is 0 Å². The Labute approximate surface area is 73.4 Å². The van der Waals surface area contributed by atoms with Gasteiger partial charge in [-0.1, -0.05) is 0 Å². The van der Waals surface area contributed by atoms with Gasteiger partial charge in [0.25, 0.3) is 0 Å². The summed E-state index contributed by atoms with van der Waals surface area (Å²) in [5.74, 6) is 0. The second kappa shape index (κ2) is 3.32. The van der Waals surface area contributed by atoms with Gasteiger partial charge in [0, 0.05) is 20.3 Å². The van der Waals surface area contributed by atoms with Gasteiger partial charge in [0.05, 0.1) is 11.7 Å². The minimum atomic E-state index is 0.0556. The maximum Gasteiger partial charge on any atom is 0.0985 e. The van der Waals surface area contributed by atoms with Crippen molar-refractivity contribution in [3.8, 4) is 0 Å². The molecule has 2 saturated heterocycles. The lowest BCUT2D eigenvalue weighted by molar-refractivity contribution is -0.120. The molecule has 2 aliphatic heterocycles. The molecule has 0 unspecified atom stereocenters. The van der Waals surface area contributed by atoms with Gasteiger partial charge in [-0.25, -0.2) is 0 Å². The van der Waals surface area contributed by atoms with Gasteiger partial charge in [0.15, 0.2) is 0 Å². The molecule has 2 rings (SSSR count). The zero-order valence-corrected chi connectivity index (χ0v) is 7.64. The van der Waals surface area contributed by atoms with Crippen molar-refractivity contribution in [3.05, 3.63) is 0 Å². The molecular formula is C9H17NO2. The molecule has 0 bridgehead atoms. The van der Waals surface area contributed by atoms with Crippen LogP contribution in [0.5, 0.6) is 0 Å². The van der Waals surface area contributed by atoms with Gasteiger partial charge in [-0.3, -0.25) is 0 Å². The van der Waals surface area contributed by atoms with E-state index in [1.807, 2.05) is 0 Å². The minimum absolute atomic E-state index is 0.0556. The molecule has 0 amide bonds. The van der Waals surface area contributed by atoms with Gasteiger partial charge in [-0.2, -0.15) is 0 Å². The van der Waals surface area contributed by atoms with E-state index < -0.39 is 0 Å². The van der Waals surface area contributed by atoms with Gasteiger partial charge < -0.3 is 14.8 Å². The fourth-order valence-corrected chi connectivity index (χ4v) is 2.35. The fourth-order valence-electron chi connectivity index (χ4n) is 2.35. The maximum atomic E-state index is 5.82. The molecule has 0 aliphatic carbocycles. The predicted molar refractivity (Wildman–Crippen MR) is 46.2 cm³/mol. The lowest BCUT2D eigenvalue weighted by Gasteiger charge is -2.39. The Kier molecular flexibility index (Phi) is 2.35. The molecule has 2 atom stereocenters. The molecular weight excluding hydrogens is 154 g/mol. The summed E-state index contributed by atoms with van der Waals surface area (Å²) in [5.41, 5.74) is 0.0556. The lowest BCUT2D eigenvalue weighted by Crippen LogP contribution is -2.54. The van der Waals surface area contributed by atoms with E-state index in [0.29, 0.717) is 0 Å². The van der Waals surface area contributed by atoms with Crippen LogP contribution in [0.2, 0.25) is 0 Å². The van der Waals surface area contributed by atoms with E-state index in [2.05, 4.69) is 5.32 Å². The summed E-state index contributed by atoms with van der Waals surface area (Å²) in [7, 11) is 1.78. The van der Waals surface area contributed by atoms with Crippen LogP contribution in [0, 0.1) is 0 Å². The van der Waals surface area contributed by atoms with Gasteiger partial charge in [-0.05, 0) is 25.8 Å². The third kappa shape index (κ3) is 1.26. The summed E-state index contributed by atoms with van der Waals surface area (Å²) in [6.07, 6.45) is 3.73. The van der Waals surface area contributed by atoms with Crippen molar-refractivity contribution in [2.24, 2.45) is 0 Å². The molecule has 1 N–H and O–H groups in total. The van der Waals surface area contributed by atoms with E-state index in [1.54, 1.807) is 7.11 Å². The van der Waals surface area contributed by atoms with E-state index in [-0.39, 0.29) is 11.7 Å². The van der Waals surface area contributed by atoms with E-state index in [0.717, 1.165) is 26.1 Å². The summed E-state index contributed by atoms with van der Waals surface area (Å²) in [5, 5.41) is 3.33. The van der Waals surface area contributed by atoms with Crippen LogP contribution < -0.4 is 5.32 Å². The highest BCUT2D eigenvalue weighted by Gasteiger charge is 2.44. The zero-order valence-electron chi connectivity index (χ0n) is 7.64. The number of rotatable bonds is 1. The van der Waals surface area contributed by atoms with Gasteiger partial charge in [-0.15, -0.1) is 0 Å². The normalized spacial score (nSPS) is 42.2. The molecule has 0 saturated carbocycles. The first-order valence-electron chi connectivity index (χ1n) is 4.75. The third-order valence-electron chi connectivity index (χ3n) is 3.06. The van der Waals surface area contributed by atoms with E-state index in [9.17, 15) is 0 Å². The van der Waals surface area contributed by atoms with Crippen molar-refractivity contribution < 1.29 is 9.47 Å². The van der Waals surface area contributed by atoms with Crippen molar-refractivity contribution in [2.45, 2.75) is 31.0 Å². The number of hydrogen-bond acceptors (Lipinski definition) is 3. The molecule has 0 aromatic carbocycles. The van der Waals surface area contributed by atoms with Crippen LogP contribution in [0.15, 0.2) is 0 Å². The van der Waals surface area contributed by atoms with Crippen LogP contribution in [0.1, 0.15) is 19.3 Å². The number of piperidine rings is 1. The molecule has 2 heterocycles. The first-order chi connectivity index (χ1) is 5.87. The number of ether oxygens (including phenoxy) is 2. The molecule has 70 valence electrons. The van der Waals surface area contributed by atoms with Crippen LogP contribution in [-0.2, 0) is 9.47 Å². The van der Waals surface area contributed by atoms with Crippen molar-refractivity contribution in [3.63, 3.8) is 0 Å². The molecule has 0 aromatic rings. The van der Waals surface area contributed by atoms with Crippen LogP contribution in [-0.4, -0.2) is 38.5 Å². The Balaban J connectivity index is 2.07. The van der Waals surface area contributed by atoms with E-state index in [4.69, 9.17) is 9.47 Å². The van der Waals surface area contributed by atoms with Crippen molar-refractivity contribution >= 4 is 0 Å². The monoisotopic (exact) mass is 171 g/mol. The van der Waals surface area contributed by atoms with Gasteiger partial charge in [0.2, 0.25) is 0 Å². The number of hydrogen-bond donors (Lipinski definition) is 1. The van der Waals surface area contributed by atoms with E-state index in [1.165, 1.54) is 12.8 Å². The summed E-state index contributed by atoms with van der Waals surface area (Å²) in [4.78, 5) is 0. The maximum absolute atomic E-state index is 5.82. The highest BCUT2D eigenvalue weighted by molar-refractivity contribution is 4.97. The average molecular weight is 171 g/mol. The second-order valence-electron chi connectivity index (χ2n) is 3.70. The smallest absolute Gasteiger partial charge is 0.0985 e.